The SMILES string of the molecule is CC(/C=N/O)=N/Nc1ncccc1F. The van der Waals surface area contributed by atoms with E-state index in [1.807, 2.05) is 0 Å². The van der Waals surface area contributed by atoms with Crippen molar-refractivity contribution in [3.8, 4) is 0 Å². The van der Waals surface area contributed by atoms with Crippen LogP contribution in [0.1, 0.15) is 6.92 Å². The molecule has 0 radical (unpaired) electrons. The second-order valence-corrected chi connectivity index (χ2v) is 2.44. The lowest BCUT2D eigenvalue weighted by atomic mass is 10.4. The van der Waals surface area contributed by atoms with E-state index in [9.17, 15) is 4.39 Å². The van der Waals surface area contributed by atoms with Crippen molar-refractivity contribution < 1.29 is 9.60 Å². The Morgan fingerprint density at radius 3 is 3.14 bits per heavy atom. The number of hydrazone groups is 1. The van der Waals surface area contributed by atoms with Gasteiger partial charge in [-0.2, -0.15) is 5.10 Å². The molecule has 0 atom stereocenters. The second kappa shape index (κ2) is 4.90. The average Bonchev–Trinajstić information content (AvgIpc) is 2.17. The summed E-state index contributed by atoms with van der Waals surface area (Å²) in [5.74, 6) is -0.469. The molecule has 6 heteroatoms. The van der Waals surface area contributed by atoms with E-state index in [-0.39, 0.29) is 5.82 Å². The Bertz CT molecular complexity index is 364. The molecule has 2 N–H and O–H groups in total. The van der Waals surface area contributed by atoms with Crippen LogP contribution < -0.4 is 5.43 Å². The van der Waals surface area contributed by atoms with E-state index in [2.05, 4.69) is 20.7 Å². The summed E-state index contributed by atoms with van der Waals surface area (Å²) in [5.41, 5.74) is 2.80. The summed E-state index contributed by atoms with van der Waals surface area (Å²) in [6.07, 6.45) is 2.56. The first kappa shape index (κ1) is 10.1. The number of anilines is 1. The van der Waals surface area contributed by atoms with Crippen LogP contribution >= 0.6 is 0 Å². The standard InChI is InChI=1S/C8H9FN4O/c1-6(5-11-14)12-13-8-7(9)3-2-4-10-8/h2-5,14H,1H3,(H,10,13)/b11-5+,12-6-. The quantitative estimate of drug-likeness (QED) is 0.437. The first-order valence-corrected chi connectivity index (χ1v) is 3.82. The van der Waals surface area contributed by atoms with E-state index in [0.717, 1.165) is 6.21 Å². The number of hydrogen-bond acceptors (Lipinski definition) is 5. The minimum absolute atomic E-state index is 0.0261. The zero-order valence-corrected chi connectivity index (χ0v) is 7.48. The molecule has 0 fully saturated rings. The number of nitrogens with one attached hydrogen (secondary N) is 1. The molecule has 1 heterocycles. The van der Waals surface area contributed by atoms with Crippen LogP contribution in [0.4, 0.5) is 10.2 Å². The van der Waals surface area contributed by atoms with Gasteiger partial charge in [-0.25, -0.2) is 9.37 Å². The Kier molecular flexibility index (Phi) is 3.54. The van der Waals surface area contributed by atoms with Crippen molar-refractivity contribution in [1.82, 2.24) is 4.98 Å². The number of nitrogens with zero attached hydrogens (tertiary/aromatic N) is 3. The molecule has 0 saturated carbocycles. The van der Waals surface area contributed by atoms with Crippen LogP contribution in [0.15, 0.2) is 28.6 Å². The fourth-order valence-corrected chi connectivity index (χ4v) is 0.722. The summed E-state index contributed by atoms with van der Waals surface area (Å²) in [7, 11) is 0. The van der Waals surface area contributed by atoms with E-state index in [0.29, 0.717) is 5.71 Å². The maximum absolute atomic E-state index is 12.9. The fourth-order valence-electron chi connectivity index (χ4n) is 0.722. The molecule has 74 valence electrons. The van der Waals surface area contributed by atoms with Crippen LogP contribution in [-0.4, -0.2) is 22.1 Å². The van der Waals surface area contributed by atoms with Crippen molar-refractivity contribution in [2.75, 3.05) is 5.43 Å². The highest BCUT2D eigenvalue weighted by molar-refractivity contribution is 6.29. The maximum atomic E-state index is 12.9. The van der Waals surface area contributed by atoms with Gasteiger partial charge in [0.25, 0.3) is 0 Å². The Balaban J connectivity index is 2.71. The summed E-state index contributed by atoms with van der Waals surface area (Å²) in [6.45, 7) is 1.59. The molecular formula is C8H9FN4O. The van der Waals surface area contributed by atoms with Crippen LogP contribution in [0, 0.1) is 5.82 Å². The van der Waals surface area contributed by atoms with Crippen LogP contribution in [-0.2, 0) is 0 Å². The minimum Gasteiger partial charge on any atom is -0.411 e. The summed E-state index contributed by atoms with van der Waals surface area (Å²) in [4.78, 5) is 3.71. The van der Waals surface area contributed by atoms with Gasteiger partial charge in [-0.15, -0.1) is 0 Å². The van der Waals surface area contributed by atoms with Crippen molar-refractivity contribution in [2.24, 2.45) is 10.3 Å². The third-order valence-electron chi connectivity index (χ3n) is 1.34. The van der Waals surface area contributed by atoms with E-state index < -0.39 is 5.82 Å². The summed E-state index contributed by atoms with van der Waals surface area (Å²) in [5, 5.41) is 14.6. The molecule has 0 aliphatic rings. The van der Waals surface area contributed by atoms with Gasteiger partial charge < -0.3 is 5.21 Å². The van der Waals surface area contributed by atoms with Gasteiger partial charge in [0, 0.05) is 6.20 Å². The zero-order chi connectivity index (χ0) is 10.4. The highest BCUT2D eigenvalue weighted by Gasteiger charge is 1.98. The van der Waals surface area contributed by atoms with Gasteiger partial charge in [-0.05, 0) is 19.1 Å². The zero-order valence-electron chi connectivity index (χ0n) is 7.48. The van der Waals surface area contributed by atoms with Crippen LogP contribution in [0.5, 0.6) is 0 Å². The molecule has 0 spiro atoms. The summed E-state index contributed by atoms with van der Waals surface area (Å²) < 4.78 is 12.9. The fraction of sp³-hybridized carbons (Fsp3) is 0.125. The highest BCUT2D eigenvalue weighted by Crippen LogP contribution is 2.07. The molecule has 0 bridgehead atoms. The normalized spacial score (nSPS) is 12.0. The largest absolute Gasteiger partial charge is 0.411 e. The van der Waals surface area contributed by atoms with Crippen molar-refractivity contribution >= 4 is 17.7 Å². The van der Waals surface area contributed by atoms with E-state index in [1.54, 1.807) is 6.92 Å². The van der Waals surface area contributed by atoms with Gasteiger partial charge in [0.15, 0.2) is 11.6 Å². The first-order valence-electron chi connectivity index (χ1n) is 3.82. The lowest BCUT2D eigenvalue weighted by Crippen LogP contribution is -2.01. The van der Waals surface area contributed by atoms with Crippen LogP contribution in [0.3, 0.4) is 0 Å². The summed E-state index contributed by atoms with van der Waals surface area (Å²) >= 11 is 0. The molecule has 1 rings (SSSR count). The van der Waals surface area contributed by atoms with Crippen LogP contribution in [0.25, 0.3) is 0 Å². The van der Waals surface area contributed by atoms with E-state index in [4.69, 9.17) is 5.21 Å². The monoisotopic (exact) mass is 196 g/mol. The van der Waals surface area contributed by atoms with Gasteiger partial charge in [-0.3, -0.25) is 5.43 Å². The molecule has 0 amide bonds. The molecule has 1 aromatic heterocycles. The Morgan fingerprint density at radius 2 is 2.50 bits per heavy atom. The Labute approximate surface area is 80.0 Å². The predicted octanol–water partition coefficient (Wildman–Crippen LogP) is 1.47. The third-order valence-corrected chi connectivity index (χ3v) is 1.34. The van der Waals surface area contributed by atoms with Gasteiger partial charge >= 0.3 is 0 Å². The Hall–Kier alpha value is -1.98. The van der Waals surface area contributed by atoms with Gasteiger partial charge in [-0.1, -0.05) is 5.16 Å². The summed E-state index contributed by atoms with van der Waals surface area (Å²) in [6, 6.07) is 2.74. The number of rotatable bonds is 3. The van der Waals surface area contributed by atoms with Crippen molar-refractivity contribution in [3.63, 3.8) is 0 Å². The first-order chi connectivity index (χ1) is 6.74. The predicted molar refractivity (Wildman–Crippen MR) is 51.2 cm³/mol. The number of oxime groups is 1. The molecule has 1 aromatic rings. The van der Waals surface area contributed by atoms with Gasteiger partial charge in [0.2, 0.25) is 0 Å². The van der Waals surface area contributed by atoms with Crippen LogP contribution in [0.2, 0.25) is 0 Å². The highest BCUT2D eigenvalue weighted by atomic mass is 19.1. The number of halogens is 1. The van der Waals surface area contributed by atoms with Crippen molar-refractivity contribution in [2.45, 2.75) is 6.92 Å². The molecule has 0 aliphatic heterocycles. The minimum atomic E-state index is -0.495. The third kappa shape index (κ3) is 2.81. The second-order valence-electron chi connectivity index (χ2n) is 2.44. The smallest absolute Gasteiger partial charge is 0.182 e. The lowest BCUT2D eigenvalue weighted by molar-refractivity contribution is 0.322. The molecule has 5 nitrogen and oxygen atoms in total. The molecule has 0 saturated heterocycles. The number of pyridine rings is 1. The number of hydrogen-bond donors (Lipinski definition) is 2. The Morgan fingerprint density at radius 1 is 1.71 bits per heavy atom. The number of aromatic nitrogens is 1. The van der Waals surface area contributed by atoms with E-state index >= 15 is 0 Å². The van der Waals surface area contributed by atoms with E-state index in [1.165, 1.54) is 18.3 Å². The maximum Gasteiger partial charge on any atom is 0.182 e. The lowest BCUT2D eigenvalue weighted by Gasteiger charge is -1.99. The average molecular weight is 196 g/mol. The van der Waals surface area contributed by atoms with Crippen molar-refractivity contribution in [3.05, 3.63) is 24.1 Å². The molecular weight excluding hydrogens is 187 g/mol. The van der Waals surface area contributed by atoms with Gasteiger partial charge in [0.05, 0.1) is 11.9 Å². The molecule has 14 heavy (non-hydrogen) atoms. The molecule has 0 unspecified atom stereocenters. The van der Waals surface area contributed by atoms with Gasteiger partial charge in [0.1, 0.15) is 0 Å². The molecule has 0 aliphatic carbocycles. The van der Waals surface area contributed by atoms with Crippen molar-refractivity contribution in [1.29, 1.82) is 0 Å². The topological polar surface area (TPSA) is 69.9 Å². The molecule has 0 aromatic carbocycles.